The number of Topliss-reactive ketones (excluding diaryl/α,β-unsaturated/α-hetero) is 4. The van der Waals surface area contributed by atoms with E-state index in [1.165, 1.54) is 4.90 Å². The minimum absolute atomic E-state index is 0.0222. The van der Waals surface area contributed by atoms with Crippen LogP contribution in [-0.4, -0.2) is 76.4 Å². The number of aromatic hydroxyl groups is 1. The molecule has 1 aromatic carbocycles. The predicted molar refractivity (Wildman–Crippen MR) is 147 cm³/mol. The minimum atomic E-state index is -2.72. The first-order valence-electron chi connectivity index (χ1n) is 14.0. The van der Waals surface area contributed by atoms with Crippen molar-refractivity contribution in [3.05, 3.63) is 28.3 Å². The largest absolute Gasteiger partial charge is 0.507 e. The number of nitrogens with zero attached hydrogens (tertiary/aromatic N) is 1. The van der Waals surface area contributed by atoms with Crippen molar-refractivity contribution < 1.29 is 34.2 Å². The SMILES string of the molecule is CCCc1cc(CNCC(C)(C)C)c2c(c1O)C(=O)C1C(=O)[C@]3(O)C(=O)C(C(N)=O)C(=O)C(N(C)C)[C@@H]3C[C@@H]1C2. The zero-order chi connectivity index (χ0) is 29.9. The molecule has 218 valence electrons. The molecule has 0 aliphatic heterocycles. The van der Waals surface area contributed by atoms with Crippen molar-refractivity contribution >= 4 is 29.0 Å². The van der Waals surface area contributed by atoms with Crippen LogP contribution in [0.1, 0.15) is 67.6 Å². The van der Waals surface area contributed by atoms with Gasteiger partial charge in [-0.25, -0.2) is 0 Å². The lowest BCUT2D eigenvalue weighted by Crippen LogP contribution is -2.74. The van der Waals surface area contributed by atoms with E-state index in [4.69, 9.17) is 5.73 Å². The Bertz CT molecular complexity index is 1280. The molecule has 0 heterocycles. The molecule has 0 spiro atoms. The summed E-state index contributed by atoms with van der Waals surface area (Å²) < 4.78 is 0. The summed E-state index contributed by atoms with van der Waals surface area (Å²) in [4.78, 5) is 68.4. The van der Waals surface area contributed by atoms with Crippen LogP contribution in [0.15, 0.2) is 6.07 Å². The Morgan fingerprint density at radius 2 is 1.80 bits per heavy atom. The number of rotatable bonds is 7. The van der Waals surface area contributed by atoms with E-state index in [-0.39, 0.29) is 29.6 Å². The maximum absolute atomic E-state index is 14.0. The standard InChI is InChI=1S/C30H41N3O7/c1-7-8-14-9-16(12-32-13-29(2,3)4)17-10-15-11-18-22(33(5)6)25(36)21(28(31)39)27(38)30(18,40)26(37)19(15)24(35)20(17)23(14)34/h9,15,18-19,21-22,32,34,40H,7-8,10-13H2,1-6H3,(H2,31,39)/t15-,18-,19?,21?,22?,30-/m0/s1. The molecule has 6 atom stereocenters. The molecule has 3 aliphatic rings. The highest BCUT2D eigenvalue weighted by Gasteiger charge is 2.69. The molecule has 40 heavy (non-hydrogen) atoms. The topological polar surface area (TPSA) is 167 Å². The number of hydrogen-bond acceptors (Lipinski definition) is 9. The number of ketones is 4. The molecule has 5 N–H and O–H groups in total. The quantitative estimate of drug-likeness (QED) is 0.358. The lowest BCUT2D eigenvalue weighted by molar-refractivity contribution is -0.181. The molecule has 10 heteroatoms. The number of likely N-dealkylation sites (N-methyl/N-ethyl adjacent to an activating group) is 1. The van der Waals surface area contributed by atoms with E-state index >= 15 is 0 Å². The molecule has 1 aromatic rings. The van der Waals surface area contributed by atoms with E-state index in [1.807, 2.05) is 13.0 Å². The first-order valence-corrected chi connectivity index (χ1v) is 14.0. The van der Waals surface area contributed by atoms with Crippen LogP contribution < -0.4 is 11.1 Å². The Hall–Kier alpha value is -2.95. The van der Waals surface area contributed by atoms with Gasteiger partial charge in [0, 0.05) is 19.0 Å². The second kappa shape index (κ2) is 10.5. The van der Waals surface area contributed by atoms with Crippen molar-refractivity contribution in [3.8, 4) is 5.75 Å². The van der Waals surface area contributed by atoms with Gasteiger partial charge in [-0.2, -0.15) is 0 Å². The van der Waals surface area contributed by atoms with Gasteiger partial charge in [-0.05, 0) is 61.4 Å². The third kappa shape index (κ3) is 4.69. The van der Waals surface area contributed by atoms with E-state index in [1.54, 1.807) is 14.1 Å². The third-order valence-corrected chi connectivity index (χ3v) is 8.72. The van der Waals surface area contributed by atoms with E-state index in [0.29, 0.717) is 24.1 Å². The average Bonchev–Trinajstić information content (AvgIpc) is 2.83. The molecule has 4 rings (SSSR count). The molecular formula is C30H41N3O7. The predicted octanol–water partition coefficient (Wildman–Crippen LogP) is 0.955. The number of carbonyl (C=O) groups excluding carboxylic acids is 5. The highest BCUT2D eigenvalue weighted by molar-refractivity contribution is 6.32. The number of aliphatic hydroxyl groups is 1. The smallest absolute Gasteiger partial charge is 0.235 e. The number of phenolic OH excluding ortho intramolecular Hbond substituents is 1. The molecule has 0 saturated heterocycles. The molecular weight excluding hydrogens is 514 g/mol. The molecule has 0 bridgehead atoms. The van der Waals surface area contributed by atoms with Gasteiger partial charge < -0.3 is 21.3 Å². The molecule has 10 nitrogen and oxygen atoms in total. The van der Waals surface area contributed by atoms with Crippen LogP contribution >= 0.6 is 0 Å². The number of phenols is 1. The Labute approximate surface area is 234 Å². The van der Waals surface area contributed by atoms with Crippen LogP contribution in [0.3, 0.4) is 0 Å². The lowest BCUT2D eigenvalue weighted by Gasteiger charge is -2.52. The van der Waals surface area contributed by atoms with Gasteiger partial charge in [0.2, 0.25) is 5.91 Å². The van der Waals surface area contributed by atoms with Crippen LogP contribution in [0.5, 0.6) is 5.75 Å². The second-order valence-electron chi connectivity index (χ2n) is 13.1. The van der Waals surface area contributed by atoms with Gasteiger partial charge in [0.15, 0.2) is 34.7 Å². The maximum Gasteiger partial charge on any atom is 0.235 e. The molecule has 1 amide bonds. The Morgan fingerprint density at radius 1 is 1.15 bits per heavy atom. The molecule has 0 aromatic heterocycles. The summed E-state index contributed by atoms with van der Waals surface area (Å²) in [5.74, 6) is -10.2. The summed E-state index contributed by atoms with van der Waals surface area (Å²) >= 11 is 0. The Balaban J connectivity index is 1.83. The van der Waals surface area contributed by atoms with Gasteiger partial charge in [0.25, 0.3) is 0 Å². The first-order chi connectivity index (χ1) is 18.6. The normalized spacial score (nSPS) is 30.2. The fourth-order valence-corrected chi connectivity index (χ4v) is 7.00. The fourth-order valence-electron chi connectivity index (χ4n) is 7.00. The Morgan fingerprint density at radius 3 is 2.35 bits per heavy atom. The average molecular weight is 556 g/mol. The van der Waals surface area contributed by atoms with E-state index < -0.39 is 64.4 Å². The molecule has 2 saturated carbocycles. The van der Waals surface area contributed by atoms with Gasteiger partial charge in [-0.15, -0.1) is 0 Å². The zero-order valence-electron chi connectivity index (χ0n) is 24.2. The van der Waals surface area contributed by atoms with Crippen molar-refractivity contribution in [3.63, 3.8) is 0 Å². The Kier molecular flexibility index (Phi) is 7.85. The van der Waals surface area contributed by atoms with Crippen LogP contribution in [-0.2, 0) is 38.6 Å². The highest BCUT2D eigenvalue weighted by Crippen LogP contribution is 2.51. The van der Waals surface area contributed by atoms with E-state index in [9.17, 15) is 34.2 Å². The zero-order valence-corrected chi connectivity index (χ0v) is 24.2. The molecule has 3 unspecified atom stereocenters. The van der Waals surface area contributed by atoms with E-state index in [2.05, 4.69) is 26.1 Å². The van der Waals surface area contributed by atoms with E-state index in [0.717, 1.165) is 18.5 Å². The first kappa shape index (κ1) is 30.0. The minimum Gasteiger partial charge on any atom is -0.507 e. The monoisotopic (exact) mass is 555 g/mol. The summed E-state index contributed by atoms with van der Waals surface area (Å²) in [7, 11) is 3.14. The van der Waals surface area contributed by atoms with Gasteiger partial charge in [-0.3, -0.25) is 28.9 Å². The van der Waals surface area contributed by atoms with Gasteiger partial charge >= 0.3 is 0 Å². The summed E-state index contributed by atoms with van der Waals surface area (Å²) in [5.41, 5.74) is 4.85. The number of aryl methyl sites for hydroxylation is 1. The number of primary amides is 1. The second-order valence-corrected chi connectivity index (χ2v) is 13.1. The van der Waals surface area contributed by atoms with Gasteiger partial charge in [0.05, 0.1) is 17.5 Å². The van der Waals surface area contributed by atoms with Crippen LogP contribution in [0, 0.1) is 29.1 Å². The fraction of sp³-hybridized carbons (Fsp3) is 0.633. The number of carbonyl (C=O) groups is 5. The van der Waals surface area contributed by atoms with Gasteiger partial charge in [-0.1, -0.05) is 40.2 Å². The summed E-state index contributed by atoms with van der Waals surface area (Å²) in [6, 6.07) is 0.796. The van der Waals surface area contributed by atoms with Crippen molar-refractivity contribution in [2.24, 2.45) is 34.8 Å². The number of fused-ring (bicyclic) bond motifs is 3. The maximum atomic E-state index is 14.0. The molecule has 0 radical (unpaired) electrons. The number of nitrogens with two attached hydrogens (primary N) is 1. The van der Waals surface area contributed by atoms with Crippen LogP contribution in [0.25, 0.3) is 0 Å². The summed E-state index contributed by atoms with van der Waals surface area (Å²) in [6.07, 6.45) is 1.55. The number of benzene rings is 1. The number of nitrogens with one attached hydrogen (secondary N) is 1. The van der Waals surface area contributed by atoms with Crippen molar-refractivity contribution in [2.45, 2.75) is 71.6 Å². The third-order valence-electron chi connectivity index (χ3n) is 8.72. The van der Waals surface area contributed by atoms with Crippen molar-refractivity contribution in [1.29, 1.82) is 0 Å². The summed E-state index contributed by atoms with van der Waals surface area (Å²) in [5, 5.41) is 26.4. The molecule has 3 aliphatic carbocycles. The van der Waals surface area contributed by atoms with Crippen LogP contribution in [0.2, 0.25) is 0 Å². The van der Waals surface area contributed by atoms with Crippen LogP contribution in [0.4, 0.5) is 0 Å². The molecule has 2 fully saturated rings. The number of hydrogen-bond donors (Lipinski definition) is 4. The number of amides is 1. The lowest BCUT2D eigenvalue weighted by atomic mass is 9.52. The summed E-state index contributed by atoms with van der Waals surface area (Å²) in [6.45, 7) is 9.45. The van der Waals surface area contributed by atoms with Crippen molar-refractivity contribution in [1.82, 2.24) is 10.2 Å². The van der Waals surface area contributed by atoms with Gasteiger partial charge in [0.1, 0.15) is 5.75 Å². The highest BCUT2D eigenvalue weighted by atomic mass is 16.3. The van der Waals surface area contributed by atoms with Crippen molar-refractivity contribution in [2.75, 3.05) is 20.6 Å².